The smallest absolute Gasteiger partial charge is 0.335 e. The van der Waals surface area contributed by atoms with Crippen LogP contribution in [0, 0.1) is 5.92 Å². The van der Waals surface area contributed by atoms with Crippen LogP contribution in [0.25, 0.3) is 0 Å². The number of imide groups is 1. The number of halogens is 1. The van der Waals surface area contributed by atoms with E-state index in [2.05, 4.69) is 15.7 Å². The molecular formula is C26H32ClN5O5. The molecule has 0 fully saturated rings. The molecule has 1 heterocycles. The lowest BCUT2D eigenvalue weighted by molar-refractivity contribution is -0.131. The number of benzene rings is 2. The van der Waals surface area contributed by atoms with Crippen molar-refractivity contribution in [3.8, 4) is 5.75 Å². The zero-order chi connectivity index (χ0) is 27.1. The number of carboxylic acids is 1. The van der Waals surface area contributed by atoms with E-state index in [-0.39, 0.29) is 31.0 Å². The molecule has 3 rings (SSSR count). The van der Waals surface area contributed by atoms with Gasteiger partial charge in [-0.15, -0.1) is 0 Å². The fraction of sp³-hybridized carbons (Fsp3) is 0.385. The van der Waals surface area contributed by atoms with E-state index in [0.717, 1.165) is 10.5 Å². The molecular weight excluding hydrogens is 498 g/mol. The number of carboxylic acid groups (broad SMARTS) is 1. The number of rotatable bonds is 8. The molecule has 2 atom stereocenters. The van der Waals surface area contributed by atoms with E-state index in [4.69, 9.17) is 16.3 Å². The molecule has 1 aliphatic heterocycles. The number of nitrogens with zero attached hydrogens (tertiary/aromatic N) is 3. The van der Waals surface area contributed by atoms with Gasteiger partial charge in [-0.1, -0.05) is 30.7 Å². The molecule has 0 unspecified atom stereocenters. The first kappa shape index (κ1) is 27.9. The molecule has 0 spiro atoms. The normalized spacial score (nSPS) is 16.6. The zero-order valence-corrected chi connectivity index (χ0v) is 22.1. The van der Waals surface area contributed by atoms with E-state index < -0.39 is 24.0 Å². The van der Waals surface area contributed by atoms with Crippen LogP contribution < -0.4 is 15.5 Å². The first-order valence-corrected chi connectivity index (χ1v) is 12.3. The third kappa shape index (κ3) is 7.21. The van der Waals surface area contributed by atoms with Gasteiger partial charge >= 0.3 is 12.0 Å². The van der Waals surface area contributed by atoms with Crippen molar-refractivity contribution >= 4 is 35.3 Å². The molecule has 10 nitrogen and oxygen atoms in total. The van der Waals surface area contributed by atoms with Crippen molar-refractivity contribution in [2.24, 2.45) is 10.9 Å². The number of ether oxygens (including phenoxy) is 1. The number of nitrogens with one attached hydrogen (secondary N) is 2. The Morgan fingerprint density at radius 3 is 2.68 bits per heavy atom. The summed E-state index contributed by atoms with van der Waals surface area (Å²) in [7, 11) is 5.12. The van der Waals surface area contributed by atoms with Gasteiger partial charge in [0.1, 0.15) is 11.6 Å². The van der Waals surface area contributed by atoms with Crippen molar-refractivity contribution in [3.05, 3.63) is 64.2 Å². The summed E-state index contributed by atoms with van der Waals surface area (Å²) in [5, 5.41) is 14.4. The van der Waals surface area contributed by atoms with Crippen molar-refractivity contribution in [1.82, 2.24) is 20.7 Å². The third-order valence-electron chi connectivity index (χ3n) is 5.97. The Morgan fingerprint density at radius 1 is 1.27 bits per heavy atom. The van der Waals surface area contributed by atoms with Gasteiger partial charge in [-0.3, -0.25) is 14.7 Å². The van der Waals surface area contributed by atoms with Crippen molar-refractivity contribution < 1.29 is 24.2 Å². The van der Waals surface area contributed by atoms with Crippen molar-refractivity contribution in [1.29, 1.82) is 0 Å². The van der Waals surface area contributed by atoms with Gasteiger partial charge in [-0.25, -0.2) is 14.6 Å². The summed E-state index contributed by atoms with van der Waals surface area (Å²) < 4.78 is 5.44. The Kier molecular flexibility index (Phi) is 9.48. The highest BCUT2D eigenvalue weighted by molar-refractivity contribution is 6.30. The predicted octanol–water partition coefficient (Wildman–Crippen LogP) is 3.37. The second-order valence-electron chi connectivity index (χ2n) is 8.92. The number of carbonyl (C=O) groups excluding carboxylic acids is 2. The van der Waals surface area contributed by atoms with E-state index in [1.165, 1.54) is 12.1 Å². The largest absolute Gasteiger partial charge is 0.496 e. The molecule has 0 radical (unpaired) electrons. The highest BCUT2D eigenvalue weighted by Crippen LogP contribution is 2.27. The summed E-state index contributed by atoms with van der Waals surface area (Å²) in [5.74, 6) is -1.00. The van der Waals surface area contributed by atoms with Crippen LogP contribution in [0.2, 0.25) is 5.02 Å². The fourth-order valence-electron chi connectivity index (χ4n) is 4.16. The number of amidine groups is 1. The van der Waals surface area contributed by atoms with E-state index in [1.54, 1.807) is 56.5 Å². The van der Waals surface area contributed by atoms with Crippen molar-refractivity contribution in [3.63, 3.8) is 0 Å². The Balaban J connectivity index is 1.88. The summed E-state index contributed by atoms with van der Waals surface area (Å²) in [6.45, 7) is 2.00. The monoisotopic (exact) mass is 529 g/mol. The summed E-state index contributed by atoms with van der Waals surface area (Å²) in [6.07, 6.45) is 0.778. The molecule has 0 aromatic heterocycles. The lowest BCUT2D eigenvalue weighted by Gasteiger charge is -2.27. The Bertz CT molecular complexity index is 1190. The minimum atomic E-state index is -1.05. The summed E-state index contributed by atoms with van der Waals surface area (Å²) in [4.78, 5) is 44.3. The number of hydrazine groups is 1. The molecule has 1 aliphatic rings. The topological polar surface area (TPSA) is 124 Å². The van der Waals surface area contributed by atoms with Gasteiger partial charge in [-0.05, 0) is 54.3 Å². The Morgan fingerprint density at radius 2 is 2.03 bits per heavy atom. The minimum Gasteiger partial charge on any atom is -0.496 e. The van der Waals surface area contributed by atoms with Crippen molar-refractivity contribution in [2.45, 2.75) is 25.8 Å². The van der Waals surface area contributed by atoms with Gasteiger partial charge in [-0.2, -0.15) is 0 Å². The first-order chi connectivity index (χ1) is 17.6. The summed E-state index contributed by atoms with van der Waals surface area (Å²) >= 11 is 6.19. The molecule has 0 bridgehead atoms. The lowest BCUT2D eigenvalue weighted by Crippen LogP contribution is -2.51. The molecule has 37 heavy (non-hydrogen) atoms. The highest BCUT2D eigenvalue weighted by Gasteiger charge is 2.34. The van der Waals surface area contributed by atoms with Gasteiger partial charge in [0.05, 0.1) is 37.7 Å². The van der Waals surface area contributed by atoms with Gasteiger partial charge in [0, 0.05) is 19.1 Å². The number of carbonyl (C=O) groups is 3. The molecule has 0 saturated heterocycles. The molecule has 2 aromatic carbocycles. The maximum absolute atomic E-state index is 13.7. The van der Waals surface area contributed by atoms with Crippen LogP contribution >= 0.6 is 11.6 Å². The van der Waals surface area contributed by atoms with Crippen LogP contribution in [0.3, 0.4) is 0 Å². The number of amides is 3. The molecule has 3 amide bonds. The standard InChI is InChI=1S/C26H32ClN5O5/c1-5-21(16-7-6-8-17(11-16)25(34)35)29-26(36)32-15-23(30-31(2)3)28-14-19(24(32)33)12-18-13-20(27)9-10-22(18)37-4/h6-11,13,19,21H,5,12,14-15H2,1-4H3,(H,28,30)(H,29,36)(H,34,35)/t19-,21-/m1/s1. The van der Waals surface area contributed by atoms with Crippen LogP contribution in [0.15, 0.2) is 47.5 Å². The molecule has 3 N–H and O–H groups in total. The number of hydrogen-bond donors (Lipinski definition) is 3. The van der Waals surface area contributed by atoms with E-state index in [1.807, 2.05) is 6.92 Å². The van der Waals surface area contributed by atoms with Crippen molar-refractivity contribution in [2.75, 3.05) is 34.3 Å². The highest BCUT2D eigenvalue weighted by atomic mass is 35.5. The quantitative estimate of drug-likeness (QED) is 0.448. The van der Waals surface area contributed by atoms with E-state index in [0.29, 0.717) is 28.6 Å². The van der Waals surface area contributed by atoms with Gasteiger partial charge in [0.2, 0.25) is 5.91 Å². The van der Waals surface area contributed by atoms with Crippen LogP contribution in [0.5, 0.6) is 5.75 Å². The second kappa shape index (κ2) is 12.6. The summed E-state index contributed by atoms with van der Waals surface area (Å²) in [5.41, 5.74) is 4.56. The van der Waals surface area contributed by atoms with Crippen LogP contribution in [0.4, 0.5) is 4.79 Å². The van der Waals surface area contributed by atoms with E-state index in [9.17, 15) is 19.5 Å². The fourth-order valence-corrected chi connectivity index (χ4v) is 4.35. The minimum absolute atomic E-state index is 0.0440. The first-order valence-electron chi connectivity index (χ1n) is 11.9. The van der Waals surface area contributed by atoms with Crippen LogP contribution in [-0.2, 0) is 11.2 Å². The van der Waals surface area contributed by atoms with Gasteiger partial charge < -0.3 is 20.6 Å². The zero-order valence-electron chi connectivity index (χ0n) is 21.3. The average molecular weight is 530 g/mol. The Hall–Kier alpha value is -3.63. The number of aliphatic imine (C=N–C) groups is 1. The number of urea groups is 1. The van der Waals surface area contributed by atoms with E-state index >= 15 is 0 Å². The number of hydrogen-bond acceptors (Lipinski definition) is 7. The predicted molar refractivity (Wildman–Crippen MR) is 141 cm³/mol. The average Bonchev–Trinajstić information content (AvgIpc) is 3.01. The SMILES string of the molecule is CC[C@@H](NC(=O)N1CC(NN(C)C)=NC[C@@H](Cc2cc(Cl)ccc2OC)C1=O)c1cccc(C(=O)O)c1. The maximum atomic E-state index is 13.7. The van der Waals surface area contributed by atoms with Crippen LogP contribution in [-0.4, -0.2) is 73.1 Å². The lowest BCUT2D eigenvalue weighted by atomic mass is 9.97. The van der Waals surface area contributed by atoms with Gasteiger partial charge in [0.15, 0.2) is 0 Å². The number of aromatic carboxylic acids is 1. The summed E-state index contributed by atoms with van der Waals surface area (Å²) in [6, 6.07) is 10.5. The molecule has 198 valence electrons. The molecule has 2 aromatic rings. The third-order valence-corrected chi connectivity index (χ3v) is 6.21. The Labute approximate surface area is 221 Å². The van der Waals surface area contributed by atoms with Crippen LogP contribution in [0.1, 0.15) is 40.9 Å². The second-order valence-corrected chi connectivity index (χ2v) is 9.35. The molecule has 0 aliphatic carbocycles. The molecule has 11 heteroatoms. The number of methoxy groups -OCH3 is 1. The molecule has 0 saturated carbocycles. The maximum Gasteiger partial charge on any atom is 0.335 e. The van der Waals surface area contributed by atoms with Gasteiger partial charge in [0.25, 0.3) is 0 Å².